The van der Waals surface area contributed by atoms with Crippen molar-refractivity contribution in [1.29, 1.82) is 0 Å². The van der Waals surface area contributed by atoms with Crippen molar-refractivity contribution in [2.75, 3.05) is 26.9 Å². The van der Waals surface area contributed by atoms with Gasteiger partial charge in [0.1, 0.15) is 19.0 Å². The fourth-order valence-electron chi connectivity index (χ4n) is 5.26. The van der Waals surface area contributed by atoms with Gasteiger partial charge < -0.3 is 24.8 Å². The number of unbranched alkanes of at least 4 members (excludes halogenated alkanes) is 2. The van der Waals surface area contributed by atoms with Crippen molar-refractivity contribution < 1.29 is 23.8 Å². The summed E-state index contributed by atoms with van der Waals surface area (Å²) in [5.74, 6) is 2.51. The molecule has 1 saturated carbocycles. The zero-order valence-corrected chi connectivity index (χ0v) is 22.6. The highest BCUT2D eigenvalue weighted by Crippen LogP contribution is 2.31. The SMILES string of the molecule is COc1ccc(C(=O)CCCCCC(=O)NC(CNC2CCCCC2)Cc2ccc3c(c2)OCCO3)cc1. The number of Topliss-reactive ketones (excluding diaryl/α,β-unsaturated/α-hetero) is 1. The highest BCUT2D eigenvalue weighted by molar-refractivity contribution is 5.96. The molecule has 0 bridgehead atoms. The minimum Gasteiger partial charge on any atom is -0.497 e. The minimum atomic E-state index is 0.00337. The number of hydrogen-bond acceptors (Lipinski definition) is 6. The number of ether oxygens (including phenoxy) is 3. The molecule has 0 spiro atoms. The standard InChI is InChI=1S/C31H42N2O5/c1-36-27-15-13-24(14-16-27)28(34)10-6-3-7-11-31(35)33-26(22-32-25-8-4-2-5-9-25)20-23-12-17-29-30(21-23)38-19-18-37-29/h12-17,21,25-26,32H,2-11,18-20,22H2,1H3,(H,33,35). The Balaban J connectivity index is 1.22. The van der Waals surface area contributed by atoms with Crippen LogP contribution in [0.25, 0.3) is 0 Å². The molecular weight excluding hydrogens is 480 g/mol. The van der Waals surface area contributed by atoms with Gasteiger partial charge in [0, 0.05) is 37.0 Å². The lowest BCUT2D eigenvalue weighted by Gasteiger charge is -2.27. The molecular formula is C31H42N2O5. The van der Waals surface area contributed by atoms with Crippen molar-refractivity contribution in [2.24, 2.45) is 0 Å². The van der Waals surface area contributed by atoms with Crippen molar-refractivity contribution >= 4 is 11.7 Å². The van der Waals surface area contributed by atoms with E-state index in [0.29, 0.717) is 37.7 Å². The van der Waals surface area contributed by atoms with E-state index in [-0.39, 0.29) is 17.7 Å². The molecule has 38 heavy (non-hydrogen) atoms. The molecule has 1 aliphatic heterocycles. The Labute approximate surface area is 226 Å². The number of ketones is 1. The van der Waals surface area contributed by atoms with Gasteiger partial charge in [-0.05, 0) is 74.1 Å². The topological polar surface area (TPSA) is 85.9 Å². The number of nitrogens with one attached hydrogen (secondary N) is 2. The Morgan fingerprint density at radius 2 is 1.66 bits per heavy atom. The van der Waals surface area contributed by atoms with E-state index in [1.165, 1.54) is 32.1 Å². The summed E-state index contributed by atoms with van der Waals surface area (Å²) in [6, 6.07) is 13.8. The molecule has 1 fully saturated rings. The fourth-order valence-corrected chi connectivity index (χ4v) is 5.26. The summed E-state index contributed by atoms with van der Waals surface area (Å²) in [7, 11) is 1.61. The van der Waals surface area contributed by atoms with Gasteiger partial charge in [0.2, 0.25) is 5.91 Å². The molecule has 2 aliphatic rings. The largest absolute Gasteiger partial charge is 0.497 e. The molecule has 0 saturated heterocycles. The number of methoxy groups -OCH3 is 1. The first-order valence-electron chi connectivity index (χ1n) is 14.2. The molecule has 7 heteroatoms. The van der Waals surface area contributed by atoms with Crippen LogP contribution in [0.4, 0.5) is 0 Å². The number of benzene rings is 2. The van der Waals surface area contributed by atoms with E-state index in [1.54, 1.807) is 19.2 Å². The number of rotatable bonds is 14. The van der Waals surface area contributed by atoms with E-state index in [2.05, 4.69) is 16.7 Å². The van der Waals surface area contributed by atoms with Gasteiger partial charge in [-0.1, -0.05) is 31.7 Å². The summed E-state index contributed by atoms with van der Waals surface area (Å²) in [6.07, 6.45) is 10.4. The predicted octanol–water partition coefficient (Wildman–Crippen LogP) is 5.25. The van der Waals surface area contributed by atoms with Crippen LogP contribution in [0.15, 0.2) is 42.5 Å². The highest BCUT2D eigenvalue weighted by atomic mass is 16.6. The van der Waals surface area contributed by atoms with Crippen LogP contribution in [0, 0.1) is 0 Å². The van der Waals surface area contributed by atoms with Crippen molar-refractivity contribution in [3.63, 3.8) is 0 Å². The smallest absolute Gasteiger partial charge is 0.220 e. The van der Waals surface area contributed by atoms with E-state index < -0.39 is 0 Å². The van der Waals surface area contributed by atoms with E-state index in [9.17, 15) is 9.59 Å². The fraction of sp³-hybridized carbons (Fsp3) is 0.548. The number of carbonyl (C=O) groups is 2. The summed E-state index contributed by atoms with van der Waals surface area (Å²) in [6.45, 7) is 1.89. The normalized spacial score (nSPS) is 16.0. The third-order valence-corrected chi connectivity index (χ3v) is 7.43. The maximum Gasteiger partial charge on any atom is 0.220 e. The molecule has 1 heterocycles. The van der Waals surface area contributed by atoms with E-state index in [1.807, 2.05) is 24.3 Å². The summed E-state index contributed by atoms with van der Waals surface area (Å²) in [4.78, 5) is 25.3. The van der Waals surface area contributed by atoms with Gasteiger partial charge in [-0.2, -0.15) is 0 Å². The average molecular weight is 523 g/mol. The minimum absolute atomic E-state index is 0.00337. The maximum atomic E-state index is 12.8. The average Bonchev–Trinajstić information content (AvgIpc) is 2.96. The van der Waals surface area contributed by atoms with Gasteiger partial charge in [0.15, 0.2) is 17.3 Å². The summed E-state index contributed by atoms with van der Waals surface area (Å²) >= 11 is 0. The third kappa shape index (κ3) is 8.76. The third-order valence-electron chi connectivity index (χ3n) is 7.43. The van der Waals surface area contributed by atoms with Gasteiger partial charge in [-0.15, -0.1) is 0 Å². The van der Waals surface area contributed by atoms with Gasteiger partial charge >= 0.3 is 0 Å². The molecule has 0 aromatic heterocycles. The van der Waals surface area contributed by atoms with Gasteiger partial charge in [0.05, 0.1) is 7.11 Å². The van der Waals surface area contributed by atoms with Crippen LogP contribution in [0.5, 0.6) is 17.2 Å². The first kappa shape index (κ1) is 28.0. The Morgan fingerprint density at radius 1 is 0.921 bits per heavy atom. The molecule has 2 aromatic rings. The van der Waals surface area contributed by atoms with Crippen molar-refractivity contribution in [1.82, 2.24) is 10.6 Å². The Bertz CT molecular complexity index is 1030. The molecule has 1 unspecified atom stereocenters. The molecule has 1 amide bonds. The van der Waals surface area contributed by atoms with Crippen LogP contribution < -0.4 is 24.8 Å². The van der Waals surface area contributed by atoms with Crippen LogP contribution in [0.2, 0.25) is 0 Å². The van der Waals surface area contributed by atoms with Crippen LogP contribution in [-0.4, -0.2) is 50.6 Å². The first-order chi connectivity index (χ1) is 18.6. The second kappa shape index (κ2) is 14.8. The molecule has 2 N–H and O–H groups in total. The summed E-state index contributed by atoms with van der Waals surface area (Å²) < 4.78 is 16.6. The van der Waals surface area contributed by atoms with E-state index in [0.717, 1.165) is 55.0 Å². The second-order valence-corrected chi connectivity index (χ2v) is 10.4. The Kier molecular flexibility index (Phi) is 10.9. The van der Waals surface area contributed by atoms with Gasteiger partial charge in [0.25, 0.3) is 0 Å². The zero-order valence-electron chi connectivity index (χ0n) is 22.6. The maximum absolute atomic E-state index is 12.8. The van der Waals surface area contributed by atoms with Gasteiger partial charge in [-0.25, -0.2) is 0 Å². The number of fused-ring (bicyclic) bond motifs is 1. The second-order valence-electron chi connectivity index (χ2n) is 10.4. The lowest BCUT2D eigenvalue weighted by Crippen LogP contribution is -2.46. The molecule has 1 aliphatic carbocycles. The molecule has 7 nitrogen and oxygen atoms in total. The van der Waals surface area contributed by atoms with Crippen LogP contribution in [0.3, 0.4) is 0 Å². The monoisotopic (exact) mass is 522 g/mol. The Morgan fingerprint density at radius 3 is 2.42 bits per heavy atom. The molecule has 1 atom stereocenters. The van der Waals surface area contributed by atoms with Crippen LogP contribution in [-0.2, 0) is 11.2 Å². The lowest BCUT2D eigenvalue weighted by atomic mass is 9.95. The van der Waals surface area contributed by atoms with Crippen molar-refractivity contribution in [2.45, 2.75) is 82.7 Å². The number of hydrogen-bond donors (Lipinski definition) is 2. The van der Waals surface area contributed by atoms with Crippen molar-refractivity contribution in [3.8, 4) is 17.2 Å². The zero-order chi connectivity index (χ0) is 26.6. The van der Waals surface area contributed by atoms with E-state index >= 15 is 0 Å². The Hall–Kier alpha value is -3.06. The van der Waals surface area contributed by atoms with Crippen LogP contribution >= 0.6 is 0 Å². The lowest BCUT2D eigenvalue weighted by molar-refractivity contribution is -0.121. The quantitative estimate of drug-likeness (QED) is 0.260. The summed E-state index contributed by atoms with van der Waals surface area (Å²) in [5, 5.41) is 6.97. The van der Waals surface area contributed by atoms with Gasteiger partial charge in [-0.3, -0.25) is 9.59 Å². The number of carbonyl (C=O) groups excluding carboxylic acids is 2. The summed E-state index contributed by atoms with van der Waals surface area (Å²) in [5.41, 5.74) is 1.83. The number of amides is 1. The molecule has 2 aromatic carbocycles. The highest BCUT2D eigenvalue weighted by Gasteiger charge is 2.19. The molecule has 0 radical (unpaired) electrons. The molecule has 4 rings (SSSR count). The molecule has 206 valence electrons. The van der Waals surface area contributed by atoms with Crippen LogP contribution in [0.1, 0.15) is 80.1 Å². The first-order valence-corrected chi connectivity index (χ1v) is 14.2. The predicted molar refractivity (Wildman–Crippen MR) is 148 cm³/mol. The van der Waals surface area contributed by atoms with E-state index in [4.69, 9.17) is 14.2 Å². The van der Waals surface area contributed by atoms with Crippen molar-refractivity contribution in [3.05, 3.63) is 53.6 Å².